The number of nitriles is 1. The van der Waals surface area contributed by atoms with Crippen LogP contribution in [0, 0.1) is 39.7 Å². The molecular weight excluding hydrogens is 444 g/mol. The van der Waals surface area contributed by atoms with Gasteiger partial charge in [-0.2, -0.15) is 5.26 Å². The molecule has 1 spiro atoms. The number of hydrazine groups is 1. The van der Waals surface area contributed by atoms with Gasteiger partial charge in [0.05, 0.1) is 27.2 Å². The Kier molecular flexibility index (Phi) is 4.88. The number of anilines is 1. The largest absolute Gasteiger partial charge is 0.312 e. The maximum Gasteiger partial charge on any atom is 0.312 e. The summed E-state index contributed by atoms with van der Waals surface area (Å²) >= 11 is 0. The maximum absolute atomic E-state index is 13.2. The van der Waals surface area contributed by atoms with Gasteiger partial charge in [0.25, 0.3) is 10.0 Å². The highest BCUT2D eigenvalue weighted by Crippen LogP contribution is 2.59. The molecule has 5 rings (SSSR count). The molecule has 1 aromatic carbocycles. The van der Waals surface area contributed by atoms with Crippen LogP contribution in [0.25, 0.3) is 11.0 Å². The lowest BCUT2D eigenvalue weighted by molar-refractivity contribution is -0.384. The average molecular weight is 467 g/mol. The van der Waals surface area contributed by atoms with Gasteiger partial charge < -0.3 is 5.43 Å². The zero-order chi connectivity index (χ0) is 23.4. The third kappa shape index (κ3) is 3.51. The lowest BCUT2D eigenvalue weighted by Gasteiger charge is -2.33. The first-order valence-electron chi connectivity index (χ1n) is 10.6. The highest BCUT2D eigenvalue weighted by atomic mass is 32.2. The monoisotopic (exact) mass is 466 g/mol. The molecule has 2 fully saturated rings. The van der Waals surface area contributed by atoms with Crippen LogP contribution in [0.1, 0.15) is 24.8 Å². The van der Waals surface area contributed by atoms with Gasteiger partial charge in [-0.3, -0.25) is 10.1 Å². The summed E-state index contributed by atoms with van der Waals surface area (Å²) in [5, 5.41) is 23.1. The van der Waals surface area contributed by atoms with Gasteiger partial charge in [-0.1, -0.05) is 17.7 Å². The summed E-state index contributed by atoms with van der Waals surface area (Å²) in [5.74, 6) is 0.0997. The number of nitrogens with one attached hydrogen (secondary N) is 1. The summed E-state index contributed by atoms with van der Waals surface area (Å²) in [6.07, 6.45) is 5.04. The molecule has 1 atom stereocenters. The van der Waals surface area contributed by atoms with E-state index in [2.05, 4.69) is 16.5 Å². The zero-order valence-electron chi connectivity index (χ0n) is 17.9. The number of nitrogens with zero attached hydrogens (tertiary/aromatic N) is 5. The van der Waals surface area contributed by atoms with E-state index in [1.165, 1.54) is 24.4 Å². The molecule has 3 heterocycles. The SMILES string of the molecule is Cc1ccc(S(=O)(=O)n2ccc3c(NN4CCC5(CC4)CC5C#N)c([N+](=O)[O-])cnc32)cc1. The number of nitro groups is 1. The van der Waals surface area contributed by atoms with E-state index >= 15 is 0 Å². The molecule has 170 valence electrons. The second kappa shape index (κ2) is 7.54. The quantitative estimate of drug-likeness (QED) is 0.446. The number of benzene rings is 1. The minimum absolute atomic E-state index is 0.0812. The van der Waals surface area contributed by atoms with Crippen LogP contribution in [0.5, 0.6) is 0 Å². The van der Waals surface area contributed by atoms with Crippen LogP contribution in [0.3, 0.4) is 0 Å². The molecule has 11 heteroatoms. The summed E-state index contributed by atoms with van der Waals surface area (Å²) in [4.78, 5) is 15.4. The Bertz CT molecular complexity index is 1400. The van der Waals surface area contributed by atoms with Crippen molar-refractivity contribution in [2.45, 2.75) is 31.1 Å². The Labute approximate surface area is 190 Å². The molecule has 1 unspecified atom stereocenters. The fraction of sp³-hybridized carbons (Fsp3) is 0.364. The van der Waals surface area contributed by atoms with Crippen LogP contribution in [0.15, 0.2) is 47.6 Å². The van der Waals surface area contributed by atoms with Gasteiger partial charge in [-0.25, -0.2) is 22.4 Å². The number of hydrogen-bond acceptors (Lipinski definition) is 8. The van der Waals surface area contributed by atoms with E-state index in [1.807, 2.05) is 11.9 Å². The zero-order valence-corrected chi connectivity index (χ0v) is 18.7. The summed E-state index contributed by atoms with van der Waals surface area (Å²) in [6.45, 7) is 3.15. The number of rotatable bonds is 5. The molecule has 33 heavy (non-hydrogen) atoms. The number of fused-ring (bicyclic) bond motifs is 1. The van der Waals surface area contributed by atoms with Crippen LogP contribution in [0.4, 0.5) is 11.4 Å². The topological polar surface area (TPSA) is 134 Å². The summed E-state index contributed by atoms with van der Waals surface area (Å²) in [5.41, 5.74) is 4.26. The Morgan fingerprint density at radius 3 is 2.55 bits per heavy atom. The van der Waals surface area contributed by atoms with Gasteiger partial charge in [-0.05, 0) is 49.8 Å². The van der Waals surface area contributed by atoms with Crippen molar-refractivity contribution in [3.05, 3.63) is 58.4 Å². The van der Waals surface area contributed by atoms with Crippen molar-refractivity contribution >= 4 is 32.4 Å². The molecule has 1 aliphatic carbocycles. The van der Waals surface area contributed by atoms with Gasteiger partial charge in [0.15, 0.2) is 5.65 Å². The van der Waals surface area contributed by atoms with Crippen molar-refractivity contribution in [1.82, 2.24) is 14.0 Å². The molecule has 1 saturated carbocycles. The predicted molar refractivity (Wildman–Crippen MR) is 121 cm³/mol. The summed E-state index contributed by atoms with van der Waals surface area (Å²) < 4.78 is 27.5. The normalized spacial score (nSPS) is 19.9. The standard InChI is InChI=1S/C22H22N6O4S/c1-15-2-4-17(5-3-15)33(31,32)27-9-6-18-20(19(28(29)30)14-24-21(18)27)25-26-10-7-22(8-11-26)12-16(22)13-23/h2-6,9,14,16H,7-8,10-12H2,1H3,(H,24,25). The van der Waals surface area contributed by atoms with Crippen LogP contribution < -0.4 is 5.43 Å². The lowest BCUT2D eigenvalue weighted by atomic mass is 9.92. The van der Waals surface area contributed by atoms with E-state index in [4.69, 9.17) is 0 Å². The lowest BCUT2D eigenvalue weighted by Crippen LogP contribution is -2.39. The van der Waals surface area contributed by atoms with Gasteiger partial charge in [-0.15, -0.1) is 0 Å². The van der Waals surface area contributed by atoms with Crippen LogP contribution >= 0.6 is 0 Å². The molecule has 0 amide bonds. The Morgan fingerprint density at radius 2 is 1.94 bits per heavy atom. The van der Waals surface area contributed by atoms with E-state index in [0.717, 1.165) is 35.0 Å². The Hall–Kier alpha value is -3.49. The average Bonchev–Trinajstić information content (AvgIpc) is 3.28. The summed E-state index contributed by atoms with van der Waals surface area (Å²) in [6, 6.07) is 10.4. The third-order valence-corrected chi connectivity index (χ3v) is 8.49. The molecule has 0 radical (unpaired) electrons. The molecule has 1 N–H and O–H groups in total. The number of aromatic nitrogens is 2. The third-order valence-electron chi connectivity index (χ3n) is 6.81. The van der Waals surface area contributed by atoms with Gasteiger partial charge in [0.2, 0.25) is 0 Å². The summed E-state index contributed by atoms with van der Waals surface area (Å²) in [7, 11) is -3.93. The Balaban J connectivity index is 1.50. The number of hydrogen-bond donors (Lipinski definition) is 1. The van der Waals surface area contributed by atoms with Crippen LogP contribution in [-0.4, -0.2) is 40.4 Å². The highest BCUT2D eigenvalue weighted by Gasteiger charge is 2.55. The molecule has 10 nitrogen and oxygen atoms in total. The molecule has 0 bridgehead atoms. The van der Waals surface area contributed by atoms with Crippen molar-refractivity contribution in [1.29, 1.82) is 5.26 Å². The maximum atomic E-state index is 13.2. The van der Waals surface area contributed by atoms with Crippen LogP contribution in [0.2, 0.25) is 0 Å². The van der Waals surface area contributed by atoms with Crippen molar-refractivity contribution in [3.63, 3.8) is 0 Å². The van der Waals surface area contributed by atoms with E-state index in [9.17, 15) is 23.8 Å². The minimum Gasteiger partial charge on any atom is -0.312 e. The molecule has 1 aliphatic heterocycles. The minimum atomic E-state index is -3.93. The van der Waals surface area contributed by atoms with Crippen molar-refractivity contribution in [3.8, 4) is 6.07 Å². The smallest absolute Gasteiger partial charge is 0.312 e. The number of piperidine rings is 1. The molecular formula is C22H22N6O4S. The fourth-order valence-electron chi connectivity index (χ4n) is 4.63. The molecule has 2 aromatic heterocycles. The second-order valence-electron chi connectivity index (χ2n) is 8.79. The molecule has 2 aliphatic rings. The van der Waals surface area contributed by atoms with Gasteiger partial charge in [0.1, 0.15) is 11.9 Å². The van der Waals surface area contributed by atoms with Crippen LogP contribution in [-0.2, 0) is 10.0 Å². The second-order valence-corrected chi connectivity index (χ2v) is 10.6. The van der Waals surface area contributed by atoms with E-state index in [1.54, 1.807) is 12.1 Å². The van der Waals surface area contributed by atoms with E-state index in [0.29, 0.717) is 18.5 Å². The molecule has 3 aromatic rings. The van der Waals surface area contributed by atoms with E-state index < -0.39 is 14.9 Å². The number of aryl methyl sites for hydroxylation is 1. The van der Waals surface area contributed by atoms with Crippen molar-refractivity contribution in [2.24, 2.45) is 11.3 Å². The van der Waals surface area contributed by atoms with Gasteiger partial charge >= 0.3 is 5.69 Å². The predicted octanol–water partition coefficient (Wildman–Crippen LogP) is 3.44. The first-order chi connectivity index (χ1) is 15.7. The molecule has 1 saturated heterocycles. The Morgan fingerprint density at radius 1 is 1.24 bits per heavy atom. The first-order valence-corrected chi connectivity index (χ1v) is 12.1. The van der Waals surface area contributed by atoms with Crippen molar-refractivity contribution in [2.75, 3.05) is 18.5 Å². The van der Waals surface area contributed by atoms with E-state index in [-0.39, 0.29) is 33.3 Å². The highest BCUT2D eigenvalue weighted by molar-refractivity contribution is 7.90. The fourth-order valence-corrected chi connectivity index (χ4v) is 5.93. The van der Waals surface area contributed by atoms with Crippen molar-refractivity contribution < 1.29 is 13.3 Å². The van der Waals surface area contributed by atoms with Gasteiger partial charge in [0, 0.05) is 19.3 Å². The first kappa shape index (κ1) is 21.4. The number of pyridine rings is 1.